The highest BCUT2D eigenvalue weighted by molar-refractivity contribution is 5.94. The molecule has 0 aliphatic rings. The van der Waals surface area contributed by atoms with E-state index in [1.54, 1.807) is 19.1 Å². The first kappa shape index (κ1) is 13.2. The van der Waals surface area contributed by atoms with Crippen LogP contribution in [0.5, 0.6) is 0 Å². The number of carbonyl (C=O) groups excluding carboxylic acids is 1. The maximum absolute atomic E-state index is 13.3. The van der Waals surface area contributed by atoms with Gasteiger partial charge in [0, 0.05) is 12.1 Å². The number of amides is 1. The predicted octanol–water partition coefficient (Wildman–Crippen LogP) is 3.20. The first-order chi connectivity index (χ1) is 9.06. The molecule has 2 nitrogen and oxygen atoms in total. The Kier molecular flexibility index (Phi) is 3.90. The minimum Gasteiger partial charge on any atom is -0.348 e. The summed E-state index contributed by atoms with van der Waals surface area (Å²) < 4.78 is 26.3. The second kappa shape index (κ2) is 5.61. The van der Waals surface area contributed by atoms with Gasteiger partial charge >= 0.3 is 0 Å². The maximum atomic E-state index is 13.3. The first-order valence-electron chi connectivity index (χ1n) is 5.85. The van der Waals surface area contributed by atoms with Crippen LogP contribution in [-0.2, 0) is 6.54 Å². The van der Waals surface area contributed by atoms with Crippen LogP contribution in [0.1, 0.15) is 21.5 Å². The van der Waals surface area contributed by atoms with Crippen LogP contribution in [0.2, 0.25) is 0 Å². The van der Waals surface area contributed by atoms with E-state index in [0.29, 0.717) is 11.1 Å². The van der Waals surface area contributed by atoms with E-state index in [0.717, 1.165) is 6.07 Å². The van der Waals surface area contributed by atoms with Gasteiger partial charge in [0.1, 0.15) is 11.6 Å². The van der Waals surface area contributed by atoms with Gasteiger partial charge in [0.15, 0.2) is 0 Å². The molecule has 0 aromatic heterocycles. The monoisotopic (exact) mass is 261 g/mol. The van der Waals surface area contributed by atoms with E-state index in [1.807, 2.05) is 0 Å². The normalized spacial score (nSPS) is 10.3. The Morgan fingerprint density at radius 3 is 2.63 bits per heavy atom. The van der Waals surface area contributed by atoms with Crippen LogP contribution in [0.4, 0.5) is 8.78 Å². The fourth-order valence-corrected chi connectivity index (χ4v) is 1.66. The standard InChI is InChI=1S/C15H13F2NO/c1-10-5-6-11(7-14(10)17)9-18-15(19)12-3-2-4-13(16)8-12/h2-8H,9H2,1H3,(H,18,19). The number of hydrogen-bond acceptors (Lipinski definition) is 1. The van der Waals surface area contributed by atoms with E-state index >= 15 is 0 Å². The van der Waals surface area contributed by atoms with Gasteiger partial charge in [-0.25, -0.2) is 8.78 Å². The van der Waals surface area contributed by atoms with Crippen LogP contribution in [0.15, 0.2) is 42.5 Å². The van der Waals surface area contributed by atoms with E-state index in [1.165, 1.54) is 24.3 Å². The zero-order valence-electron chi connectivity index (χ0n) is 10.4. The smallest absolute Gasteiger partial charge is 0.251 e. The number of aryl methyl sites for hydroxylation is 1. The summed E-state index contributed by atoms with van der Waals surface area (Å²) in [5.74, 6) is -1.16. The summed E-state index contributed by atoms with van der Waals surface area (Å²) >= 11 is 0. The summed E-state index contributed by atoms with van der Waals surface area (Å²) in [4.78, 5) is 11.8. The minimum absolute atomic E-state index is 0.201. The van der Waals surface area contributed by atoms with Crippen LogP contribution in [0, 0.1) is 18.6 Å². The lowest BCUT2D eigenvalue weighted by Crippen LogP contribution is -2.22. The number of benzene rings is 2. The second-order valence-electron chi connectivity index (χ2n) is 4.28. The molecule has 4 heteroatoms. The van der Waals surface area contributed by atoms with Crippen LogP contribution in [-0.4, -0.2) is 5.91 Å². The topological polar surface area (TPSA) is 29.1 Å². The van der Waals surface area contributed by atoms with Gasteiger partial charge in [-0.3, -0.25) is 4.79 Å². The molecular formula is C15H13F2NO. The van der Waals surface area contributed by atoms with Crippen molar-refractivity contribution >= 4 is 5.91 Å². The maximum Gasteiger partial charge on any atom is 0.251 e. The third kappa shape index (κ3) is 3.37. The Labute approximate surface area is 110 Å². The van der Waals surface area contributed by atoms with E-state index in [2.05, 4.69) is 5.32 Å². The van der Waals surface area contributed by atoms with E-state index in [-0.39, 0.29) is 23.8 Å². The Morgan fingerprint density at radius 2 is 1.95 bits per heavy atom. The molecule has 0 aliphatic heterocycles. The molecule has 1 N–H and O–H groups in total. The quantitative estimate of drug-likeness (QED) is 0.903. The highest BCUT2D eigenvalue weighted by atomic mass is 19.1. The molecule has 0 atom stereocenters. The van der Waals surface area contributed by atoms with E-state index in [4.69, 9.17) is 0 Å². The highest BCUT2D eigenvalue weighted by Gasteiger charge is 2.06. The van der Waals surface area contributed by atoms with Crippen molar-refractivity contribution in [2.75, 3.05) is 0 Å². The molecule has 0 aliphatic carbocycles. The fraction of sp³-hybridized carbons (Fsp3) is 0.133. The third-order valence-electron chi connectivity index (χ3n) is 2.78. The number of hydrogen-bond donors (Lipinski definition) is 1. The van der Waals surface area contributed by atoms with Gasteiger partial charge in [-0.05, 0) is 42.3 Å². The number of rotatable bonds is 3. The molecule has 2 aromatic carbocycles. The fourth-order valence-electron chi connectivity index (χ4n) is 1.66. The van der Waals surface area contributed by atoms with Crippen molar-refractivity contribution in [3.63, 3.8) is 0 Å². The second-order valence-corrected chi connectivity index (χ2v) is 4.28. The van der Waals surface area contributed by atoms with Crippen LogP contribution in [0.25, 0.3) is 0 Å². The summed E-state index contributed by atoms with van der Waals surface area (Å²) in [5, 5.41) is 2.62. The Balaban J connectivity index is 2.02. The van der Waals surface area contributed by atoms with Crippen molar-refractivity contribution in [2.24, 2.45) is 0 Å². The van der Waals surface area contributed by atoms with E-state index < -0.39 is 5.82 Å². The molecule has 0 bridgehead atoms. The molecule has 0 radical (unpaired) electrons. The average Bonchev–Trinajstić information content (AvgIpc) is 2.40. The zero-order chi connectivity index (χ0) is 13.8. The molecule has 0 fully saturated rings. The largest absolute Gasteiger partial charge is 0.348 e. The lowest BCUT2D eigenvalue weighted by molar-refractivity contribution is 0.0950. The third-order valence-corrected chi connectivity index (χ3v) is 2.78. The van der Waals surface area contributed by atoms with Crippen LogP contribution < -0.4 is 5.32 Å². The Hall–Kier alpha value is -2.23. The molecule has 1 amide bonds. The number of nitrogens with one attached hydrogen (secondary N) is 1. The van der Waals surface area contributed by atoms with Gasteiger partial charge in [0.25, 0.3) is 5.91 Å². The van der Waals surface area contributed by atoms with Crippen LogP contribution >= 0.6 is 0 Å². The summed E-state index contributed by atoms with van der Waals surface area (Å²) in [5.41, 5.74) is 1.46. The van der Waals surface area contributed by atoms with Gasteiger partial charge in [0.05, 0.1) is 0 Å². The number of halogens is 2. The van der Waals surface area contributed by atoms with Crippen molar-refractivity contribution in [3.05, 3.63) is 70.8 Å². The molecule has 2 aromatic rings. The van der Waals surface area contributed by atoms with Crippen molar-refractivity contribution in [1.82, 2.24) is 5.32 Å². The van der Waals surface area contributed by atoms with Crippen molar-refractivity contribution in [3.8, 4) is 0 Å². The molecule has 0 unspecified atom stereocenters. The summed E-state index contributed by atoms with van der Waals surface area (Å²) in [7, 11) is 0. The average molecular weight is 261 g/mol. The van der Waals surface area contributed by atoms with E-state index in [9.17, 15) is 13.6 Å². The summed E-state index contributed by atoms with van der Waals surface area (Å²) in [6, 6.07) is 10.2. The summed E-state index contributed by atoms with van der Waals surface area (Å²) in [6.45, 7) is 1.87. The lowest BCUT2D eigenvalue weighted by atomic mass is 10.1. The van der Waals surface area contributed by atoms with Gasteiger partial charge in [-0.2, -0.15) is 0 Å². The highest BCUT2D eigenvalue weighted by Crippen LogP contribution is 2.09. The predicted molar refractivity (Wildman–Crippen MR) is 68.7 cm³/mol. The zero-order valence-corrected chi connectivity index (χ0v) is 10.4. The van der Waals surface area contributed by atoms with Crippen molar-refractivity contribution in [2.45, 2.75) is 13.5 Å². The van der Waals surface area contributed by atoms with Gasteiger partial charge in [-0.15, -0.1) is 0 Å². The number of carbonyl (C=O) groups is 1. The first-order valence-corrected chi connectivity index (χ1v) is 5.85. The Morgan fingerprint density at radius 1 is 1.16 bits per heavy atom. The molecule has 0 spiro atoms. The molecule has 0 saturated heterocycles. The molecule has 0 saturated carbocycles. The van der Waals surface area contributed by atoms with Gasteiger partial charge < -0.3 is 5.32 Å². The Bertz CT molecular complexity index is 611. The molecule has 19 heavy (non-hydrogen) atoms. The van der Waals surface area contributed by atoms with Crippen molar-refractivity contribution in [1.29, 1.82) is 0 Å². The van der Waals surface area contributed by atoms with Crippen molar-refractivity contribution < 1.29 is 13.6 Å². The molecule has 98 valence electrons. The van der Waals surface area contributed by atoms with Crippen LogP contribution in [0.3, 0.4) is 0 Å². The molecule has 0 heterocycles. The minimum atomic E-state index is -0.464. The SMILES string of the molecule is Cc1ccc(CNC(=O)c2cccc(F)c2)cc1F. The summed E-state index contributed by atoms with van der Waals surface area (Å²) in [6.07, 6.45) is 0. The van der Waals surface area contributed by atoms with Gasteiger partial charge in [0.2, 0.25) is 0 Å². The van der Waals surface area contributed by atoms with Gasteiger partial charge in [-0.1, -0.05) is 18.2 Å². The molecule has 2 rings (SSSR count). The molecular weight excluding hydrogens is 248 g/mol. The lowest BCUT2D eigenvalue weighted by Gasteiger charge is -2.06.